The van der Waals surface area contributed by atoms with Crippen molar-refractivity contribution in [2.24, 2.45) is 17.3 Å². The van der Waals surface area contributed by atoms with Gasteiger partial charge in [0.2, 0.25) is 0 Å². The van der Waals surface area contributed by atoms with E-state index < -0.39 is 0 Å². The van der Waals surface area contributed by atoms with E-state index in [-0.39, 0.29) is 0 Å². The van der Waals surface area contributed by atoms with Crippen molar-refractivity contribution in [1.29, 1.82) is 0 Å². The van der Waals surface area contributed by atoms with Crippen LogP contribution in [0.4, 0.5) is 0 Å². The van der Waals surface area contributed by atoms with E-state index in [0.717, 1.165) is 18.4 Å². The normalized spacial score (nSPS) is 47.0. The lowest BCUT2D eigenvalue weighted by Gasteiger charge is -2.32. The average Bonchev–Trinajstić information content (AvgIpc) is 2.54. The highest BCUT2D eigenvalue weighted by Crippen LogP contribution is 2.49. The smallest absolute Gasteiger partial charge is 0.0707 e. The van der Waals surface area contributed by atoms with Crippen molar-refractivity contribution >= 4 is 11.8 Å². The largest absolute Gasteiger partial charge is 0.376 e. The van der Waals surface area contributed by atoms with Crippen LogP contribution in [0.3, 0.4) is 0 Å². The molecule has 70 valence electrons. The van der Waals surface area contributed by atoms with Gasteiger partial charge in [-0.3, -0.25) is 0 Å². The van der Waals surface area contributed by atoms with Crippen molar-refractivity contribution in [1.82, 2.24) is 0 Å². The number of ether oxygens (including phenoxy) is 1. The predicted octanol–water partition coefficient (Wildman–Crippen LogP) is 2.41. The van der Waals surface area contributed by atoms with Crippen LogP contribution in [-0.2, 0) is 4.74 Å². The van der Waals surface area contributed by atoms with Crippen LogP contribution in [0.2, 0.25) is 0 Å². The molecule has 0 spiro atoms. The molecule has 2 heterocycles. The maximum absolute atomic E-state index is 5.83. The van der Waals surface area contributed by atoms with Crippen LogP contribution in [0.1, 0.15) is 20.8 Å². The van der Waals surface area contributed by atoms with Crippen LogP contribution in [0.5, 0.6) is 0 Å². The Bertz CT molecular complexity index is 181. The summed E-state index contributed by atoms with van der Waals surface area (Å²) in [5, 5.41) is 0. The van der Waals surface area contributed by atoms with Crippen LogP contribution >= 0.6 is 11.8 Å². The molecule has 0 bridgehead atoms. The number of fused-ring (bicyclic) bond motifs is 1. The van der Waals surface area contributed by atoms with Crippen LogP contribution in [0, 0.1) is 17.3 Å². The highest BCUT2D eigenvalue weighted by Gasteiger charge is 2.50. The Morgan fingerprint density at radius 3 is 2.83 bits per heavy atom. The van der Waals surface area contributed by atoms with Crippen molar-refractivity contribution in [2.75, 3.05) is 18.1 Å². The van der Waals surface area contributed by atoms with Gasteiger partial charge in [0.15, 0.2) is 0 Å². The molecule has 2 aliphatic rings. The van der Waals surface area contributed by atoms with Crippen molar-refractivity contribution in [3.8, 4) is 0 Å². The summed E-state index contributed by atoms with van der Waals surface area (Å²) in [5.74, 6) is 4.13. The second-order valence-electron chi connectivity index (χ2n) is 4.65. The Kier molecular flexibility index (Phi) is 2.16. The molecule has 0 aromatic carbocycles. The van der Waals surface area contributed by atoms with Gasteiger partial charge in [-0.25, -0.2) is 0 Å². The molecule has 2 aliphatic heterocycles. The summed E-state index contributed by atoms with van der Waals surface area (Å²) in [4.78, 5) is 0. The van der Waals surface area contributed by atoms with Crippen LogP contribution in [-0.4, -0.2) is 24.2 Å². The van der Waals surface area contributed by atoms with E-state index >= 15 is 0 Å². The molecule has 0 amide bonds. The van der Waals surface area contributed by atoms with Crippen LogP contribution < -0.4 is 0 Å². The topological polar surface area (TPSA) is 9.23 Å². The van der Waals surface area contributed by atoms with Crippen molar-refractivity contribution in [3.63, 3.8) is 0 Å². The second-order valence-corrected chi connectivity index (χ2v) is 5.73. The van der Waals surface area contributed by atoms with Gasteiger partial charge in [-0.2, -0.15) is 11.8 Å². The molecular formula is C10H18OS. The molecule has 12 heavy (non-hydrogen) atoms. The van der Waals surface area contributed by atoms with E-state index in [1.807, 2.05) is 0 Å². The maximum Gasteiger partial charge on any atom is 0.0707 e. The van der Waals surface area contributed by atoms with E-state index in [1.54, 1.807) is 0 Å². The van der Waals surface area contributed by atoms with E-state index in [0.29, 0.717) is 11.5 Å². The lowest BCUT2D eigenvalue weighted by atomic mass is 9.70. The minimum Gasteiger partial charge on any atom is -0.376 e. The summed E-state index contributed by atoms with van der Waals surface area (Å²) in [6.45, 7) is 8.04. The first-order valence-electron chi connectivity index (χ1n) is 4.84. The summed E-state index contributed by atoms with van der Waals surface area (Å²) >= 11 is 2.06. The maximum atomic E-state index is 5.83. The highest BCUT2D eigenvalue weighted by atomic mass is 32.2. The van der Waals surface area contributed by atoms with Crippen molar-refractivity contribution in [2.45, 2.75) is 26.9 Å². The lowest BCUT2D eigenvalue weighted by molar-refractivity contribution is 0.0994. The van der Waals surface area contributed by atoms with Gasteiger partial charge in [0, 0.05) is 11.7 Å². The third-order valence-corrected chi connectivity index (χ3v) is 4.96. The zero-order valence-corrected chi connectivity index (χ0v) is 8.99. The van der Waals surface area contributed by atoms with E-state index in [4.69, 9.17) is 4.74 Å². The van der Waals surface area contributed by atoms with Crippen molar-refractivity contribution in [3.05, 3.63) is 0 Å². The summed E-state index contributed by atoms with van der Waals surface area (Å²) in [6, 6.07) is 0. The molecule has 2 rings (SSSR count). The second kappa shape index (κ2) is 2.91. The minimum atomic E-state index is 0.453. The molecule has 0 radical (unpaired) electrons. The SMILES string of the molecule is CC(C)C1(C)COC2CSCC21. The van der Waals surface area contributed by atoms with Gasteiger partial charge in [-0.05, 0) is 17.1 Å². The number of hydrogen-bond donors (Lipinski definition) is 0. The van der Waals surface area contributed by atoms with E-state index in [1.165, 1.54) is 11.5 Å². The minimum absolute atomic E-state index is 0.453. The van der Waals surface area contributed by atoms with E-state index in [2.05, 4.69) is 32.5 Å². The molecule has 0 aliphatic carbocycles. The molecule has 0 N–H and O–H groups in total. The van der Waals surface area contributed by atoms with Gasteiger partial charge in [-0.1, -0.05) is 20.8 Å². The molecule has 3 unspecified atom stereocenters. The first-order chi connectivity index (χ1) is 5.64. The van der Waals surface area contributed by atoms with Gasteiger partial charge in [0.25, 0.3) is 0 Å². The van der Waals surface area contributed by atoms with Crippen molar-refractivity contribution < 1.29 is 4.74 Å². The number of rotatable bonds is 1. The van der Waals surface area contributed by atoms with Gasteiger partial charge in [0.05, 0.1) is 12.7 Å². The molecule has 2 fully saturated rings. The van der Waals surface area contributed by atoms with Gasteiger partial charge in [0.1, 0.15) is 0 Å². The lowest BCUT2D eigenvalue weighted by Crippen LogP contribution is -2.33. The molecule has 2 saturated heterocycles. The summed E-state index contributed by atoms with van der Waals surface area (Å²) in [6.07, 6.45) is 0.572. The Labute approximate surface area is 79.2 Å². The fraction of sp³-hybridized carbons (Fsp3) is 1.00. The summed E-state index contributed by atoms with van der Waals surface area (Å²) in [5.41, 5.74) is 0.453. The molecule has 0 saturated carbocycles. The predicted molar refractivity (Wildman–Crippen MR) is 53.5 cm³/mol. The average molecular weight is 186 g/mol. The standard InChI is InChI=1S/C10H18OS/c1-7(2)10(3)6-11-9-5-12-4-8(9)10/h7-9H,4-6H2,1-3H3. The van der Waals surface area contributed by atoms with Crippen LogP contribution in [0.25, 0.3) is 0 Å². The first-order valence-corrected chi connectivity index (χ1v) is 5.99. The number of thioether (sulfide) groups is 1. The highest BCUT2D eigenvalue weighted by molar-refractivity contribution is 7.99. The van der Waals surface area contributed by atoms with E-state index in [9.17, 15) is 0 Å². The fourth-order valence-corrected chi connectivity index (χ4v) is 3.85. The summed E-state index contributed by atoms with van der Waals surface area (Å²) in [7, 11) is 0. The quantitative estimate of drug-likeness (QED) is 0.622. The first kappa shape index (κ1) is 8.89. The molecule has 3 atom stereocenters. The van der Waals surface area contributed by atoms with Crippen LogP contribution in [0.15, 0.2) is 0 Å². The fourth-order valence-electron chi connectivity index (χ4n) is 2.30. The third-order valence-electron chi connectivity index (χ3n) is 3.80. The monoisotopic (exact) mass is 186 g/mol. The van der Waals surface area contributed by atoms with Gasteiger partial charge >= 0.3 is 0 Å². The molecular weight excluding hydrogens is 168 g/mol. The Morgan fingerprint density at radius 2 is 2.17 bits per heavy atom. The Morgan fingerprint density at radius 1 is 1.42 bits per heavy atom. The Hall–Kier alpha value is 0.310. The molecule has 0 aromatic rings. The number of hydrogen-bond acceptors (Lipinski definition) is 2. The zero-order valence-electron chi connectivity index (χ0n) is 8.17. The van der Waals surface area contributed by atoms with Gasteiger partial charge < -0.3 is 4.74 Å². The molecule has 1 nitrogen and oxygen atoms in total. The molecule has 2 heteroatoms. The Balaban J connectivity index is 2.17. The summed E-state index contributed by atoms with van der Waals surface area (Å²) < 4.78 is 5.83. The molecule has 0 aromatic heterocycles. The third kappa shape index (κ3) is 1.12. The zero-order chi connectivity index (χ0) is 8.77. The van der Waals surface area contributed by atoms with Gasteiger partial charge in [-0.15, -0.1) is 0 Å².